The number of benzene rings is 1. The van der Waals surface area contributed by atoms with Crippen molar-refractivity contribution in [1.29, 1.82) is 0 Å². The molecule has 2 rings (SSSR count). The van der Waals surface area contributed by atoms with Crippen molar-refractivity contribution in [2.24, 2.45) is 5.92 Å². The highest BCUT2D eigenvalue weighted by Gasteiger charge is 2.33. The van der Waals surface area contributed by atoms with Crippen LogP contribution in [0.15, 0.2) is 23.1 Å². The number of ether oxygens (including phenoxy) is 2. The SMILES string of the molecule is CCOC(=O)C1Cc2cc(S(=O)(=O)N[C@H](C(=O)O)[C@@H](C)CC)ccc2O1. The van der Waals surface area contributed by atoms with Crippen molar-refractivity contribution in [3.8, 4) is 5.75 Å². The van der Waals surface area contributed by atoms with Crippen LogP contribution in [-0.4, -0.2) is 44.2 Å². The second kappa shape index (κ2) is 8.05. The Morgan fingerprint density at radius 3 is 2.65 bits per heavy atom. The number of esters is 1. The first-order valence-electron chi connectivity index (χ1n) is 8.41. The van der Waals surface area contributed by atoms with E-state index in [9.17, 15) is 23.1 Å². The fourth-order valence-electron chi connectivity index (χ4n) is 2.64. The number of carboxylic acid groups (broad SMARTS) is 1. The minimum atomic E-state index is -4.03. The van der Waals surface area contributed by atoms with E-state index in [1.165, 1.54) is 18.2 Å². The predicted molar refractivity (Wildman–Crippen MR) is 92.4 cm³/mol. The lowest BCUT2D eigenvalue weighted by molar-refractivity contribution is -0.150. The van der Waals surface area contributed by atoms with Crippen LogP contribution in [0, 0.1) is 5.92 Å². The van der Waals surface area contributed by atoms with Crippen molar-refractivity contribution in [1.82, 2.24) is 4.72 Å². The Bertz CT molecular complexity index is 790. The van der Waals surface area contributed by atoms with Gasteiger partial charge in [0.25, 0.3) is 0 Å². The first-order valence-corrected chi connectivity index (χ1v) is 9.89. The lowest BCUT2D eigenvalue weighted by Gasteiger charge is -2.20. The summed E-state index contributed by atoms with van der Waals surface area (Å²) in [6, 6.07) is 2.96. The molecule has 0 radical (unpaired) electrons. The molecule has 0 spiro atoms. The average molecular weight is 385 g/mol. The molecule has 9 heteroatoms. The molecule has 1 aromatic rings. The highest BCUT2D eigenvalue weighted by atomic mass is 32.2. The minimum absolute atomic E-state index is 0.0705. The molecule has 26 heavy (non-hydrogen) atoms. The summed E-state index contributed by atoms with van der Waals surface area (Å²) in [6.07, 6.45) is -0.0907. The molecule has 8 nitrogen and oxygen atoms in total. The smallest absolute Gasteiger partial charge is 0.347 e. The van der Waals surface area contributed by atoms with E-state index in [1.807, 2.05) is 0 Å². The van der Waals surface area contributed by atoms with Gasteiger partial charge in [0.15, 0.2) is 6.10 Å². The van der Waals surface area contributed by atoms with E-state index < -0.39 is 34.1 Å². The second-order valence-electron chi connectivity index (χ2n) is 6.15. The van der Waals surface area contributed by atoms with Gasteiger partial charge in [-0.05, 0) is 36.6 Å². The largest absolute Gasteiger partial charge is 0.480 e. The third-order valence-electron chi connectivity index (χ3n) is 4.33. The summed E-state index contributed by atoms with van der Waals surface area (Å²) in [5.41, 5.74) is 0.557. The summed E-state index contributed by atoms with van der Waals surface area (Å²) in [7, 11) is -4.03. The molecule has 0 bridgehead atoms. The molecule has 1 unspecified atom stereocenters. The quantitative estimate of drug-likeness (QED) is 0.648. The van der Waals surface area contributed by atoms with Gasteiger partial charge < -0.3 is 14.6 Å². The third-order valence-corrected chi connectivity index (χ3v) is 5.77. The molecule has 0 aliphatic carbocycles. The first kappa shape index (κ1) is 20.2. The molecule has 1 aliphatic heterocycles. The molecule has 0 aromatic heterocycles. The molecule has 2 N–H and O–H groups in total. The van der Waals surface area contributed by atoms with Crippen molar-refractivity contribution >= 4 is 22.0 Å². The summed E-state index contributed by atoms with van der Waals surface area (Å²) >= 11 is 0. The summed E-state index contributed by atoms with van der Waals surface area (Å²) in [5.74, 6) is -1.68. The van der Waals surface area contributed by atoms with Gasteiger partial charge >= 0.3 is 11.9 Å². The van der Waals surface area contributed by atoms with Crippen LogP contribution in [0.3, 0.4) is 0 Å². The maximum atomic E-state index is 12.6. The monoisotopic (exact) mass is 385 g/mol. The van der Waals surface area contributed by atoms with E-state index in [0.29, 0.717) is 17.7 Å². The van der Waals surface area contributed by atoms with E-state index in [0.717, 1.165) is 0 Å². The number of carbonyl (C=O) groups excluding carboxylic acids is 1. The number of aliphatic carboxylic acids is 1. The van der Waals surface area contributed by atoms with Crippen LogP contribution in [0.4, 0.5) is 0 Å². The summed E-state index contributed by atoms with van der Waals surface area (Å²) < 4.78 is 37.8. The van der Waals surface area contributed by atoms with Crippen LogP contribution in [0.1, 0.15) is 32.8 Å². The second-order valence-corrected chi connectivity index (χ2v) is 7.87. The highest BCUT2D eigenvalue weighted by molar-refractivity contribution is 7.89. The molecular weight excluding hydrogens is 362 g/mol. The van der Waals surface area contributed by atoms with Crippen molar-refractivity contribution in [3.05, 3.63) is 23.8 Å². The molecule has 1 heterocycles. The van der Waals surface area contributed by atoms with Gasteiger partial charge in [-0.25, -0.2) is 13.2 Å². The first-order chi connectivity index (χ1) is 12.2. The maximum absolute atomic E-state index is 12.6. The Hall–Kier alpha value is -2.13. The molecular formula is C17H23NO7S. The summed E-state index contributed by atoms with van der Waals surface area (Å²) in [4.78, 5) is 23.1. The van der Waals surface area contributed by atoms with Crippen molar-refractivity contribution in [3.63, 3.8) is 0 Å². The Morgan fingerprint density at radius 1 is 1.38 bits per heavy atom. The fraction of sp³-hybridized carbons (Fsp3) is 0.529. The third kappa shape index (κ3) is 4.34. The Kier molecular flexibility index (Phi) is 6.25. The van der Waals surface area contributed by atoms with E-state index in [-0.39, 0.29) is 23.8 Å². The zero-order chi connectivity index (χ0) is 19.5. The van der Waals surface area contributed by atoms with Crippen molar-refractivity contribution in [2.45, 2.75) is 50.7 Å². The summed E-state index contributed by atoms with van der Waals surface area (Å²) in [6.45, 7) is 5.37. The van der Waals surface area contributed by atoms with Gasteiger partial charge in [-0.2, -0.15) is 4.72 Å². The average Bonchev–Trinajstić information content (AvgIpc) is 3.02. The van der Waals surface area contributed by atoms with Crippen LogP contribution >= 0.6 is 0 Å². The van der Waals surface area contributed by atoms with Gasteiger partial charge in [-0.1, -0.05) is 20.3 Å². The van der Waals surface area contributed by atoms with Gasteiger partial charge in [0.1, 0.15) is 11.8 Å². The Morgan fingerprint density at radius 2 is 2.08 bits per heavy atom. The van der Waals surface area contributed by atoms with Crippen molar-refractivity contribution < 1.29 is 32.6 Å². The number of hydrogen-bond acceptors (Lipinski definition) is 6. The molecule has 0 amide bonds. The van der Waals surface area contributed by atoms with Crippen LogP contribution in [0.2, 0.25) is 0 Å². The number of sulfonamides is 1. The van der Waals surface area contributed by atoms with E-state index in [2.05, 4.69) is 4.72 Å². The van der Waals surface area contributed by atoms with Crippen LogP contribution < -0.4 is 9.46 Å². The number of carboxylic acids is 1. The van der Waals surface area contributed by atoms with Gasteiger partial charge in [-0.15, -0.1) is 0 Å². The molecule has 0 saturated carbocycles. The van der Waals surface area contributed by atoms with E-state index in [1.54, 1.807) is 20.8 Å². The van der Waals surface area contributed by atoms with Crippen LogP contribution in [-0.2, 0) is 30.8 Å². The summed E-state index contributed by atoms with van der Waals surface area (Å²) in [5, 5.41) is 9.29. The van der Waals surface area contributed by atoms with Crippen LogP contribution in [0.25, 0.3) is 0 Å². The molecule has 0 fully saturated rings. The lowest BCUT2D eigenvalue weighted by Crippen LogP contribution is -2.44. The van der Waals surface area contributed by atoms with Gasteiger partial charge in [0, 0.05) is 6.42 Å². The number of carbonyl (C=O) groups is 2. The molecule has 0 saturated heterocycles. The maximum Gasteiger partial charge on any atom is 0.347 e. The van der Waals surface area contributed by atoms with Gasteiger partial charge in [0.05, 0.1) is 11.5 Å². The Balaban J connectivity index is 2.22. The molecule has 1 aromatic carbocycles. The molecule has 1 aliphatic rings. The number of nitrogens with one attached hydrogen (secondary N) is 1. The predicted octanol–water partition coefficient (Wildman–Crippen LogP) is 1.33. The van der Waals surface area contributed by atoms with E-state index >= 15 is 0 Å². The van der Waals surface area contributed by atoms with Gasteiger partial charge in [-0.3, -0.25) is 4.79 Å². The lowest BCUT2D eigenvalue weighted by atomic mass is 10.0. The minimum Gasteiger partial charge on any atom is -0.480 e. The van der Waals surface area contributed by atoms with Crippen LogP contribution in [0.5, 0.6) is 5.75 Å². The molecule has 3 atom stereocenters. The molecule has 144 valence electrons. The van der Waals surface area contributed by atoms with Crippen molar-refractivity contribution in [2.75, 3.05) is 6.61 Å². The van der Waals surface area contributed by atoms with Gasteiger partial charge in [0.2, 0.25) is 10.0 Å². The van der Waals surface area contributed by atoms with E-state index in [4.69, 9.17) is 9.47 Å². The number of rotatable bonds is 8. The number of hydrogen-bond donors (Lipinski definition) is 2. The standard InChI is InChI=1S/C17H23NO7S/c1-4-10(3)15(16(19)20)18-26(22,23)12-6-7-13-11(8-12)9-14(25-13)17(21)24-5-2/h6-8,10,14-15,18H,4-5,9H2,1-3H3,(H,19,20)/t10-,14?,15-/m0/s1. The highest BCUT2D eigenvalue weighted by Crippen LogP contribution is 2.31. The number of fused-ring (bicyclic) bond motifs is 1. The zero-order valence-corrected chi connectivity index (χ0v) is 15.7. The fourth-order valence-corrected chi connectivity index (χ4v) is 3.99. The normalized spacial score (nSPS) is 18.5. The zero-order valence-electron chi connectivity index (χ0n) is 14.9. The topological polar surface area (TPSA) is 119 Å². The Labute approximate surface area is 152 Å².